The van der Waals surface area contributed by atoms with Gasteiger partial charge in [0.1, 0.15) is 5.82 Å². The summed E-state index contributed by atoms with van der Waals surface area (Å²) in [6, 6.07) is 10.2. The molecule has 0 saturated heterocycles. The van der Waals surface area contributed by atoms with Crippen LogP contribution in [0, 0.1) is 20.8 Å². The van der Waals surface area contributed by atoms with E-state index in [4.69, 9.17) is 0 Å². The fourth-order valence-electron chi connectivity index (χ4n) is 4.31. The molecular formula is C22H27N5O. The number of nitrogens with one attached hydrogen (secondary N) is 2. The minimum atomic E-state index is -0.0709. The molecular weight excluding hydrogens is 350 g/mol. The quantitative estimate of drug-likeness (QED) is 0.675. The maximum Gasteiger partial charge on any atom is 0.257 e. The molecule has 6 heteroatoms. The molecule has 1 aliphatic carbocycles. The molecule has 1 aliphatic rings. The van der Waals surface area contributed by atoms with Crippen molar-refractivity contribution in [2.24, 2.45) is 0 Å². The van der Waals surface area contributed by atoms with Gasteiger partial charge >= 0.3 is 0 Å². The van der Waals surface area contributed by atoms with Crippen molar-refractivity contribution in [2.75, 3.05) is 5.32 Å². The van der Waals surface area contributed by atoms with E-state index in [9.17, 15) is 4.79 Å². The van der Waals surface area contributed by atoms with Gasteiger partial charge in [-0.3, -0.25) is 9.89 Å². The molecule has 1 aromatic carbocycles. The van der Waals surface area contributed by atoms with Gasteiger partial charge in [0.25, 0.3) is 5.91 Å². The van der Waals surface area contributed by atoms with E-state index in [-0.39, 0.29) is 5.91 Å². The number of carbonyl (C=O) groups excluding carboxylic acids is 1. The lowest BCUT2D eigenvalue weighted by molar-refractivity contribution is 0.102. The van der Waals surface area contributed by atoms with Crippen LogP contribution in [0.15, 0.2) is 30.3 Å². The van der Waals surface area contributed by atoms with Crippen LogP contribution >= 0.6 is 0 Å². The second-order valence-electron chi connectivity index (χ2n) is 7.73. The molecule has 0 spiro atoms. The number of hydrogen-bond acceptors (Lipinski definition) is 3. The number of aromatic amines is 1. The Kier molecular flexibility index (Phi) is 5.03. The third-order valence-corrected chi connectivity index (χ3v) is 5.64. The van der Waals surface area contributed by atoms with E-state index < -0.39 is 0 Å². The summed E-state index contributed by atoms with van der Waals surface area (Å²) in [6.07, 6.45) is 6.28. The van der Waals surface area contributed by atoms with Crippen molar-refractivity contribution in [3.8, 4) is 11.4 Å². The molecule has 0 atom stereocenters. The van der Waals surface area contributed by atoms with Gasteiger partial charge < -0.3 is 9.88 Å². The third kappa shape index (κ3) is 3.59. The predicted octanol–water partition coefficient (Wildman–Crippen LogP) is 4.96. The van der Waals surface area contributed by atoms with Gasteiger partial charge in [0, 0.05) is 28.7 Å². The number of aromatic nitrogens is 4. The molecule has 2 heterocycles. The summed E-state index contributed by atoms with van der Waals surface area (Å²) < 4.78 is 2.36. The van der Waals surface area contributed by atoms with E-state index in [1.807, 2.05) is 37.3 Å². The number of hydrogen-bond donors (Lipinski definition) is 2. The van der Waals surface area contributed by atoms with Gasteiger partial charge in [-0.05, 0) is 51.8 Å². The van der Waals surface area contributed by atoms with Crippen molar-refractivity contribution < 1.29 is 4.79 Å². The summed E-state index contributed by atoms with van der Waals surface area (Å²) in [6.45, 7) is 6.03. The highest BCUT2D eigenvalue weighted by atomic mass is 16.1. The van der Waals surface area contributed by atoms with Crippen LogP contribution in [0.1, 0.15) is 65.7 Å². The van der Waals surface area contributed by atoms with Crippen LogP contribution in [0.3, 0.4) is 0 Å². The molecule has 0 unspecified atom stereocenters. The first kappa shape index (κ1) is 18.5. The molecule has 2 N–H and O–H groups in total. The first-order valence-electron chi connectivity index (χ1n) is 10.0. The number of rotatable bonds is 4. The second-order valence-corrected chi connectivity index (χ2v) is 7.73. The van der Waals surface area contributed by atoms with Crippen LogP contribution in [-0.2, 0) is 0 Å². The molecule has 0 aliphatic heterocycles. The van der Waals surface area contributed by atoms with Crippen LogP contribution in [0.25, 0.3) is 11.4 Å². The Bertz CT molecular complexity index is 994. The Hall–Kier alpha value is -2.89. The van der Waals surface area contributed by atoms with Crippen molar-refractivity contribution in [1.82, 2.24) is 19.7 Å². The normalized spacial score (nSPS) is 15.0. The third-order valence-electron chi connectivity index (χ3n) is 5.64. The number of carbonyl (C=O) groups is 1. The van der Waals surface area contributed by atoms with Gasteiger partial charge in [0.15, 0.2) is 5.82 Å². The van der Waals surface area contributed by atoms with Crippen molar-refractivity contribution >= 4 is 11.6 Å². The molecule has 1 fully saturated rings. The van der Waals surface area contributed by atoms with Gasteiger partial charge in [-0.1, -0.05) is 31.4 Å². The zero-order valence-electron chi connectivity index (χ0n) is 16.7. The van der Waals surface area contributed by atoms with Gasteiger partial charge in [0.05, 0.1) is 5.56 Å². The van der Waals surface area contributed by atoms with Gasteiger partial charge in [0.2, 0.25) is 0 Å². The fourth-order valence-corrected chi connectivity index (χ4v) is 4.31. The Morgan fingerprint density at radius 3 is 2.64 bits per heavy atom. The van der Waals surface area contributed by atoms with E-state index in [0.717, 1.165) is 28.3 Å². The first-order valence-corrected chi connectivity index (χ1v) is 10.0. The predicted molar refractivity (Wildman–Crippen MR) is 111 cm³/mol. The second kappa shape index (κ2) is 7.62. The maximum atomic E-state index is 13.0. The number of H-pyrrole nitrogens is 1. The monoisotopic (exact) mass is 377 g/mol. The lowest BCUT2D eigenvalue weighted by atomic mass is 9.95. The maximum absolute atomic E-state index is 13.0. The highest BCUT2D eigenvalue weighted by Crippen LogP contribution is 2.32. The van der Waals surface area contributed by atoms with E-state index in [1.54, 1.807) is 0 Å². The molecule has 4 rings (SSSR count). The Labute approximate surface area is 165 Å². The molecule has 1 saturated carbocycles. The minimum Gasteiger partial charge on any atom is -0.345 e. The van der Waals surface area contributed by atoms with Crippen molar-refractivity contribution in [3.05, 3.63) is 53.1 Å². The molecule has 1 amide bonds. The molecule has 3 aromatic rings. The summed E-state index contributed by atoms with van der Waals surface area (Å²) in [5.74, 6) is 1.32. The molecule has 6 nitrogen and oxygen atoms in total. The van der Waals surface area contributed by atoms with Crippen LogP contribution in [-0.4, -0.2) is 25.7 Å². The lowest BCUT2D eigenvalue weighted by Crippen LogP contribution is -2.17. The molecule has 0 bridgehead atoms. The summed E-state index contributed by atoms with van der Waals surface area (Å²) >= 11 is 0. The molecule has 28 heavy (non-hydrogen) atoms. The number of amides is 1. The van der Waals surface area contributed by atoms with Gasteiger partial charge in [-0.15, -0.1) is 0 Å². The zero-order chi connectivity index (χ0) is 19.7. The van der Waals surface area contributed by atoms with Crippen LogP contribution in [0.2, 0.25) is 0 Å². The summed E-state index contributed by atoms with van der Waals surface area (Å²) in [4.78, 5) is 17.3. The van der Waals surface area contributed by atoms with Crippen LogP contribution in [0.5, 0.6) is 0 Å². The topological polar surface area (TPSA) is 75.6 Å². The number of aryl methyl sites for hydroxylation is 2. The molecule has 0 radical (unpaired) electrons. The lowest BCUT2D eigenvalue weighted by Gasteiger charge is -2.26. The SMILES string of the molecule is Cc1nc(-c2cccc(NC(=O)c3cc(C)n(C4CCCCC4)c3C)c2)n[nH]1. The largest absolute Gasteiger partial charge is 0.345 e. The summed E-state index contributed by atoms with van der Waals surface area (Å²) in [5, 5.41) is 10.1. The minimum absolute atomic E-state index is 0.0709. The highest BCUT2D eigenvalue weighted by molar-refractivity contribution is 6.05. The average molecular weight is 377 g/mol. The van der Waals surface area contributed by atoms with Gasteiger partial charge in [-0.2, -0.15) is 5.10 Å². The Morgan fingerprint density at radius 1 is 1.14 bits per heavy atom. The average Bonchev–Trinajstić information content (AvgIpc) is 3.25. The summed E-state index contributed by atoms with van der Waals surface area (Å²) in [5.41, 5.74) is 4.59. The van der Waals surface area contributed by atoms with E-state index in [0.29, 0.717) is 11.9 Å². The van der Waals surface area contributed by atoms with Crippen molar-refractivity contribution in [3.63, 3.8) is 0 Å². The number of anilines is 1. The van der Waals surface area contributed by atoms with E-state index in [1.165, 1.54) is 37.8 Å². The van der Waals surface area contributed by atoms with E-state index in [2.05, 4.69) is 38.9 Å². The standard InChI is InChI=1S/C22H27N5O/c1-14-12-20(15(2)27(14)19-10-5-4-6-11-19)22(28)24-18-9-7-8-17(13-18)21-23-16(3)25-26-21/h7-9,12-13,19H,4-6,10-11H2,1-3H3,(H,24,28)(H,23,25,26). The number of benzene rings is 1. The molecule has 2 aromatic heterocycles. The number of nitrogens with zero attached hydrogens (tertiary/aromatic N) is 3. The van der Waals surface area contributed by atoms with E-state index >= 15 is 0 Å². The van der Waals surface area contributed by atoms with Gasteiger partial charge in [-0.25, -0.2) is 4.98 Å². The van der Waals surface area contributed by atoms with Crippen molar-refractivity contribution in [1.29, 1.82) is 0 Å². The zero-order valence-corrected chi connectivity index (χ0v) is 16.7. The van der Waals surface area contributed by atoms with Crippen LogP contribution in [0.4, 0.5) is 5.69 Å². The highest BCUT2D eigenvalue weighted by Gasteiger charge is 2.22. The first-order chi connectivity index (χ1) is 13.5. The van der Waals surface area contributed by atoms with Crippen LogP contribution < -0.4 is 5.32 Å². The van der Waals surface area contributed by atoms with Crippen molar-refractivity contribution in [2.45, 2.75) is 58.9 Å². The smallest absolute Gasteiger partial charge is 0.257 e. The summed E-state index contributed by atoms with van der Waals surface area (Å²) in [7, 11) is 0. The molecule has 146 valence electrons. The Morgan fingerprint density at radius 2 is 1.93 bits per heavy atom. The Balaban J connectivity index is 1.56. The fraction of sp³-hybridized carbons (Fsp3) is 0.409.